The van der Waals surface area contributed by atoms with Gasteiger partial charge < -0.3 is 14.2 Å². The van der Waals surface area contributed by atoms with E-state index in [-0.39, 0.29) is 6.09 Å². The zero-order chi connectivity index (χ0) is 18.5. The van der Waals surface area contributed by atoms with Crippen LogP contribution in [0, 0.1) is 0 Å². The van der Waals surface area contributed by atoms with Crippen molar-refractivity contribution in [1.29, 1.82) is 0 Å². The molecule has 0 N–H and O–H groups in total. The van der Waals surface area contributed by atoms with Crippen LogP contribution in [0.2, 0.25) is 0 Å². The highest BCUT2D eigenvalue weighted by Gasteiger charge is 2.35. The zero-order valence-electron chi connectivity index (χ0n) is 16.2. The maximum absolute atomic E-state index is 12.3. The molecule has 3 heterocycles. The summed E-state index contributed by atoms with van der Waals surface area (Å²) >= 11 is 0. The summed E-state index contributed by atoms with van der Waals surface area (Å²) in [5, 5.41) is 1.33. The standard InChI is InChI=1S/C21H29N3O2/c1-21(2,3)26-20(25)24-11-9-17(13-24)22(4)18-12-16-7-5-6-15-8-10-23(14-18)19(15)16/h5-8,10,17-18H,9,11-14H2,1-4H3. The van der Waals surface area contributed by atoms with Crippen LogP contribution in [-0.2, 0) is 17.7 Å². The molecule has 0 saturated carbocycles. The fourth-order valence-electron chi connectivity index (χ4n) is 4.34. The van der Waals surface area contributed by atoms with Gasteiger partial charge in [-0.1, -0.05) is 18.2 Å². The number of hydrogen-bond donors (Lipinski definition) is 0. The van der Waals surface area contributed by atoms with Crippen molar-refractivity contribution in [2.24, 2.45) is 0 Å². The summed E-state index contributed by atoms with van der Waals surface area (Å²) in [6, 6.07) is 9.66. The number of rotatable bonds is 2. The number of ether oxygens (including phenoxy) is 1. The van der Waals surface area contributed by atoms with E-state index in [0.717, 1.165) is 32.5 Å². The van der Waals surface area contributed by atoms with Gasteiger partial charge in [0.15, 0.2) is 0 Å². The molecule has 1 fully saturated rings. The van der Waals surface area contributed by atoms with Gasteiger partial charge in [0.2, 0.25) is 0 Å². The molecule has 0 bridgehead atoms. The Labute approximate surface area is 155 Å². The van der Waals surface area contributed by atoms with Gasteiger partial charge in [-0.05, 0) is 57.7 Å². The molecular weight excluding hydrogens is 326 g/mol. The van der Waals surface area contributed by atoms with Crippen LogP contribution in [0.4, 0.5) is 4.79 Å². The fraction of sp³-hybridized carbons (Fsp3) is 0.571. The molecule has 1 amide bonds. The lowest BCUT2D eigenvalue weighted by Crippen LogP contribution is -2.46. The summed E-state index contributed by atoms with van der Waals surface area (Å²) in [6.45, 7) is 8.30. The Balaban J connectivity index is 1.43. The second-order valence-electron chi connectivity index (χ2n) is 8.72. The smallest absolute Gasteiger partial charge is 0.410 e. The van der Waals surface area contributed by atoms with Crippen LogP contribution in [-0.4, -0.2) is 58.3 Å². The maximum Gasteiger partial charge on any atom is 0.410 e. The third kappa shape index (κ3) is 3.20. The van der Waals surface area contributed by atoms with Gasteiger partial charge in [0.1, 0.15) is 5.60 Å². The first-order valence-corrected chi connectivity index (χ1v) is 9.58. The van der Waals surface area contributed by atoms with Gasteiger partial charge in [0, 0.05) is 37.9 Å². The van der Waals surface area contributed by atoms with Crippen molar-refractivity contribution in [3.05, 3.63) is 36.0 Å². The van der Waals surface area contributed by atoms with Crippen LogP contribution in [0.5, 0.6) is 0 Å². The number of carbonyl (C=O) groups is 1. The number of nitrogens with zero attached hydrogens (tertiary/aromatic N) is 3. The first-order chi connectivity index (χ1) is 12.3. The van der Waals surface area contributed by atoms with Crippen molar-refractivity contribution in [3.63, 3.8) is 0 Å². The van der Waals surface area contributed by atoms with Gasteiger partial charge in [-0.3, -0.25) is 4.90 Å². The number of likely N-dealkylation sites (tertiary alicyclic amines) is 1. The largest absolute Gasteiger partial charge is 0.444 e. The minimum absolute atomic E-state index is 0.186. The van der Waals surface area contributed by atoms with Gasteiger partial charge in [-0.15, -0.1) is 0 Å². The number of para-hydroxylation sites is 1. The molecule has 2 aliphatic rings. The van der Waals surface area contributed by atoms with E-state index in [1.165, 1.54) is 16.5 Å². The quantitative estimate of drug-likeness (QED) is 0.827. The summed E-state index contributed by atoms with van der Waals surface area (Å²) in [6.07, 6.45) is 4.10. The summed E-state index contributed by atoms with van der Waals surface area (Å²) in [5.41, 5.74) is 2.38. The predicted octanol–water partition coefficient (Wildman–Crippen LogP) is 3.51. The molecule has 5 nitrogen and oxygen atoms in total. The third-order valence-electron chi connectivity index (χ3n) is 5.70. The number of aromatic nitrogens is 1. The van der Waals surface area contributed by atoms with Crippen molar-refractivity contribution in [3.8, 4) is 0 Å². The van der Waals surface area contributed by atoms with E-state index in [2.05, 4.69) is 47.0 Å². The SMILES string of the molecule is CN(C1CCN(C(=O)OC(C)(C)C)C1)C1Cc2cccc3ccn(c23)C1. The first-order valence-electron chi connectivity index (χ1n) is 9.58. The van der Waals surface area contributed by atoms with Gasteiger partial charge in [0.25, 0.3) is 0 Å². The number of amides is 1. The number of hydrogen-bond acceptors (Lipinski definition) is 3. The number of carbonyl (C=O) groups excluding carboxylic acids is 1. The van der Waals surface area contributed by atoms with Crippen molar-refractivity contribution in [1.82, 2.24) is 14.4 Å². The van der Waals surface area contributed by atoms with Gasteiger partial charge in [0.05, 0.1) is 5.52 Å². The lowest BCUT2D eigenvalue weighted by atomic mass is 9.98. The average Bonchev–Trinajstić information content (AvgIpc) is 3.21. The monoisotopic (exact) mass is 355 g/mol. The van der Waals surface area contributed by atoms with Crippen LogP contribution < -0.4 is 0 Å². The Bertz CT molecular complexity index is 820. The van der Waals surface area contributed by atoms with E-state index < -0.39 is 5.60 Å². The molecule has 1 aromatic heterocycles. The molecule has 5 heteroatoms. The van der Waals surface area contributed by atoms with Crippen LogP contribution >= 0.6 is 0 Å². The van der Waals surface area contributed by atoms with Gasteiger partial charge in [-0.25, -0.2) is 4.79 Å². The highest BCUT2D eigenvalue weighted by molar-refractivity contribution is 5.84. The third-order valence-corrected chi connectivity index (χ3v) is 5.70. The molecule has 4 rings (SSSR count). The summed E-state index contributed by atoms with van der Waals surface area (Å²) < 4.78 is 7.92. The molecule has 140 valence electrons. The minimum Gasteiger partial charge on any atom is -0.444 e. The summed E-state index contributed by atoms with van der Waals surface area (Å²) in [5.74, 6) is 0. The predicted molar refractivity (Wildman–Crippen MR) is 103 cm³/mol. The number of likely N-dealkylation sites (N-methyl/N-ethyl adjacent to an activating group) is 1. The second-order valence-corrected chi connectivity index (χ2v) is 8.72. The molecule has 2 aromatic rings. The highest BCUT2D eigenvalue weighted by Crippen LogP contribution is 2.29. The molecule has 2 aliphatic heterocycles. The van der Waals surface area contributed by atoms with Crippen LogP contribution in [0.15, 0.2) is 30.5 Å². The van der Waals surface area contributed by atoms with E-state index in [1.54, 1.807) is 0 Å². The lowest BCUT2D eigenvalue weighted by Gasteiger charge is -2.36. The molecule has 2 atom stereocenters. The zero-order valence-corrected chi connectivity index (χ0v) is 16.2. The molecule has 1 saturated heterocycles. The normalized spacial score (nSPS) is 23.0. The van der Waals surface area contributed by atoms with E-state index in [1.807, 2.05) is 25.7 Å². The Morgan fingerprint density at radius 3 is 2.77 bits per heavy atom. The van der Waals surface area contributed by atoms with Gasteiger partial charge in [-0.2, -0.15) is 0 Å². The summed E-state index contributed by atoms with van der Waals surface area (Å²) in [4.78, 5) is 16.7. The molecule has 0 spiro atoms. The van der Waals surface area contributed by atoms with Crippen molar-refractivity contribution >= 4 is 17.0 Å². The molecule has 26 heavy (non-hydrogen) atoms. The van der Waals surface area contributed by atoms with Crippen molar-refractivity contribution in [2.45, 2.75) is 57.8 Å². The topological polar surface area (TPSA) is 37.7 Å². The number of benzene rings is 1. The van der Waals surface area contributed by atoms with E-state index in [0.29, 0.717) is 12.1 Å². The van der Waals surface area contributed by atoms with Crippen molar-refractivity contribution < 1.29 is 9.53 Å². The minimum atomic E-state index is -0.437. The maximum atomic E-state index is 12.3. The summed E-state index contributed by atoms with van der Waals surface area (Å²) in [7, 11) is 2.21. The van der Waals surface area contributed by atoms with E-state index in [4.69, 9.17) is 4.74 Å². The fourth-order valence-corrected chi connectivity index (χ4v) is 4.34. The highest BCUT2D eigenvalue weighted by atomic mass is 16.6. The van der Waals surface area contributed by atoms with E-state index >= 15 is 0 Å². The Morgan fingerprint density at radius 1 is 1.19 bits per heavy atom. The molecule has 1 aromatic carbocycles. The molecule has 0 aliphatic carbocycles. The first kappa shape index (κ1) is 17.4. The Morgan fingerprint density at radius 2 is 2.00 bits per heavy atom. The van der Waals surface area contributed by atoms with Crippen molar-refractivity contribution in [2.75, 3.05) is 20.1 Å². The molecule has 2 unspecified atom stereocenters. The van der Waals surface area contributed by atoms with Crippen LogP contribution in [0.1, 0.15) is 32.8 Å². The molecule has 0 radical (unpaired) electrons. The Kier molecular flexibility index (Phi) is 4.22. The van der Waals surface area contributed by atoms with Crippen LogP contribution in [0.25, 0.3) is 10.9 Å². The van der Waals surface area contributed by atoms with Gasteiger partial charge >= 0.3 is 6.09 Å². The molecular formula is C21H29N3O2. The second kappa shape index (κ2) is 6.31. The van der Waals surface area contributed by atoms with Crippen LogP contribution in [0.3, 0.4) is 0 Å². The Hall–Kier alpha value is -2.01. The lowest BCUT2D eigenvalue weighted by molar-refractivity contribution is 0.0276. The van der Waals surface area contributed by atoms with E-state index in [9.17, 15) is 4.79 Å². The average molecular weight is 355 g/mol.